The molecule has 1 amide bonds. The number of hydrogen-bond donors (Lipinski definition) is 0. The lowest BCUT2D eigenvalue weighted by Gasteiger charge is -2.31. The van der Waals surface area contributed by atoms with Crippen molar-refractivity contribution in [3.63, 3.8) is 0 Å². The topological polar surface area (TPSA) is 60.1 Å². The SMILES string of the molecule is CC(C(=O)N1CCc2ccccc2C1)n1c2ccccc2c2cnn(C)c(=O)c21. The molecule has 1 aliphatic rings. The van der Waals surface area contributed by atoms with Crippen molar-refractivity contribution < 1.29 is 4.79 Å². The standard InChI is InChI=1S/C23H22N4O2/c1-15(22(28)26-12-11-16-7-3-4-8-17(16)14-26)27-20-10-6-5-9-18(20)19-13-24-25(2)23(29)21(19)27/h3-10,13,15H,11-12,14H2,1-2H3. The molecule has 0 radical (unpaired) electrons. The molecule has 29 heavy (non-hydrogen) atoms. The predicted octanol–water partition coefficient (Wildman–Crippen LogP) is 3.03. The summed E-state index contributed by atoms with van der Waals surface area (Å²) in [7, 11) is 1.64. The first-order valence-corrected chi connectivity index (χ1v) is 9.87. The Morgan fingerprint density at radius 1 is 1.03 bits per heavy atom. The highest BCUT2D eigenvalue weighted by molar-refractivity contribution is 6.08. The van der Waals surface area contributed by atoms with Crippen molar-refractivity contribution in [2.45, 2.75) is 25.9 Å². The quantitative estimate of drug-likeness (QED) is 0.532. The molecule has 1 aliphatic heterocycles. The van der Waals surface area contributed by atoms with E-state index in [0.717, 1.165) is 22.7 Å². The number of para-hydroxylation sites is 1. The van der Waals surface area contributed by atoms with Gasteiger partial charge < -0.3 is 9.47 Å². The Kier molecular flexibility index (Phi) is 4.01. The summed E-state index contributed by atoms with van der Waals surface area (Å²) in [5.41, 5.74) is 3.72. The summed E-state index contributed by atoms with van der Waals surface area (Å²) in [5.74, 6) is 0.0287. The summed E-state index contributed by atoms with van der Waals surface area (Å²) in [4.78, 5) is 28.3. The van der Waals surface area contributed by atoms with Crippen molar-refractivity contribution >= 4 is 27.7 Å². The first-order chi connectivity index (χ1) is 14.1. The molecule has 5 rings (SSSR count). The normalized spacial score (nSPS) is 14.9. The van der Waals surface area contributed by atoms with Crippen LogP contribution in [0, 0.1) is 0 Å². The van der Waals surface area contributed by atoms with Crippen LogP contribution in [-0.2, 0) is 24.8 Å². The van der Waals surface area contributed by atoms with E-state index in [-0.39, 0.29) is 11.5 Å². The van der Waals surface area contributed by atoms with Gasteiger partial charge in [-0.2, -0.15) is 5.10 Å². The fraction of sp³-hybridized carbons (Fsp3) is 0.261. The number of aryl methyl sites for hydroxylation is 1. The molecule has 2 aromatic carbocycles. The molecule has 0 fully saturated rings. The van der Waals surface area contributed by atoms with Gasteiger partial charge >= 0.3 is 0 Å². The molecule has 1 atom stereocenters. The van der Waals surface area contributed by atoms with Crippen LogP contribution in [0.3, 0.4) is 0 Å². The van der Waals surface area contributed by atoms with Gasteiger partial charge in [-0.05, 0) is 30.5 Å². The third-order valence-electron chi connectivity index (χ3n) is 5.99. The Bertz CT molecular complexity index is 1320. The number of nitrogens with zero attached hydrogens (tertiary/aromatic N) is 4. The lowest BCUT2D eigenvalue weighted by Crippen LogP contribution is -2.40. The predicted molar refractivity (Wildman–Crippen MR) is 113 cm³/mol. The van der Waals surface area contributed by atoms with Crippen molar-refractivity contribution in [1.82, 2.24) is 19.2 Å². The molecule has 0 aliphatic carbocycles. The molecule has 4 aromatic rings. The number of carbonyl (C=O) groups is 1. The van der Waals surface area contributed by atoms with Crippen LogP contribution in [-0.4, -0.2) is 31.7 Å². The van der Waals surface area contributed by atoms with Crippen LogP contribution in [0.1, 0.15) is 24.1 Å². The van der Waals surface area contributed by atoms with Crippen LogP contribution < -0.4 is 5.56 Å². The molecular weight excluding hydrogens is 364 g/mol. The monoisotopic (exact) mass is 386 g/mol. The first-order valence-electron chi connectivity index (χ1n) is 9.87. The van der Waals surface area contributed by atoms with Gasteiger partial charge in [0.15, 0.2) is 0 Å². The Labute approximate surface area is 168 Å². The van der Waals surface area contributed by atoms with Crippen molar-refractivity contribution in [2.24, 2.45) is 7.05 Å². The molecular formula is C23H22N4O2. The van der Waals surface area contributed by atoms with Gasteiger partial charge in [0.25, 0.3) is 5.56 Å². The van der Waals surface area contributed by atoms with Gasteiger partial charge in [-0.15, -0.1) is 0 Å². The van der Waals surface area contributed by atoms with E-state index >= 15 is 0 Å². The molecule has 0 spiro atoms. The lowest BCUT2D eigenvalue weighted by atomic mass is 9.99. The van der Waals surface area contributed by atoms with E-state index in [9.17, 15) is 9.59 Å². The van der Waals surface area contributed by atoms with Crippen LogP contribution in [0.25, 0.3) is 21.8 Å². The molecule has 2 aromatic heterocycles. The number of amides is 1. The average Bonchev–Trinajstić information content (AvgIpc) is 3.10. The van der Waals surface area contributed by atoms with E-state index < -0.39 is 6.04 Å². The smallest absolute Gasteiger partial charge is 0.291 e. The molecule has 3 heterocycles. The number of carbonyl (C=O) groups excluding carboxylic acids is 1. The van der Waals surface area contributed by atoms with Crippen molar-refractivity contribution in [2.75, 3.05) is 6.54 Å². The van der Waals surface area contributed by atoms with Crippen molar-refractivity contribution in [3.05, 3.63) is 76.2 Å². The third-order valence-corrected chi connectivity index (χ3v) is 5.99. The van der Waals surface area contributed by atoms with Crippen LogP contribution in [0.15, 0.2) is 59.5 Å². The van der Waals surface area contributed by atoms with E-state index in [0.29, 0.717) is 18.6 Å². The zero-order chi connectivity index (χ0) is 20.1. The van der Waals surface area contributed by atoms with Crippen LogP contribution in [0.2, 0.25) is 0 Å². The van der Waals surface area contributed by atoms with Gasteiger partial charge in [0.1, 0.15) is 11.6 Å². The van der Waals surface area contributed by atoms with E-state index in [2.05, 4.69) is 17.2 Å². The maximum atomic E-state index is 13.5. The van der Waals surface area contributed by atoms with Gasteiger partial charge in [0.05, 0.1) is 11.7 Å². The molecule has 1 unspecified atom stereocenters. The number of rotatable bonds is 2. The minimum atomic E-state index is -0.488. The van der Waals surface area contributed by atoms with E-state index in [1.54, 1.807) is 13.2 Å². The second-order valence-corrected chi connectivity index (χ2v) is 7.68. The summed E-state index contributed by atoms with van der Waals surface area (Å²) in [6, 6.07) is 15.6. The fourth-order valence-corrected chi connectivity index (χ4v) is 4.45. The molecule has 0 saturated carbocycles. The van der Waals surface area contributed by atoms with E-state index in [1.165, 1.54) is 15.8 Å². The molecule has 6 heteroatoms. The van der Waals surface area contributed by atoms with Crippen LogP contribution >= 0.6 is 0 Å². The van der Waals surface area contributed by atoms with Crippen molar-refractivity contribution in [1.29, 1.82) is 0 Å². The molecule has 146 valence electrons. The molecule has 0 N–H and O–H groups in total. The minimum absolute atomic E-state index is 0.0287. The third kappa shape index (κ3) is 2.67. The summed E-state index contributed by atoms with van der Waals surface area (Å²) >= 11 is 0. The Hall–Kier alpha value is -3.41. The zero-order valence-electron chi connectivity index (χ0n) is 16.5. The Balaban J connectivity index is 1.62. The van der Waals surface area contributed by atoms with Gasteiger partial charge in [-0.3, -0.25) is 9.59 Å². The Morgan fingerprint density at radius 3 is 2.59 bits per heavy atom. The van der Waals surface area contributed by atoms with E-state index in [1.807, 2.05) is 52.8 Å². The lowest BCUT2D eigenvalue weighted by molar-refractivity contribution is -0.135. The number of hydrogen-bond acceptors (Lipinski definition) is 3. The summed E-state index contributed by atoms with van der Waals surface area (Å²) < 4.78 is 3.21. The summed E-state index contributed by atoms with van der Waals surface area (Å²) in [6.45, 7) is 3.18. The zero-order valence-corrected chi connectivity index (χ0v) is 16.5. The van der Waals surface area contributed by atoms with Gasteiger partial charge in [0, 0.05) is 30.9 Å². The van der Waals surface area contributed by atoms with E-state index in [4.69, 9.17) is 0 Å². The summed E-state index contributed by atoms with van der Waals surface area (Å²) in [5, 5.41) is 5.91. The van der Waals surface area contributed by atoms with Gasteiger partial charge in [-0.25, -0.2) is 4.68 Å². The Morgan fingerprint density at radius 2 is 1.76 bits per heavy atom. The highest BCUT2D eigenvalue weighted by Gasteiger charge is 2.28. The maximum absolute atomic E-state index is 13.5. The van der Waals surface area contributed by atoms with Gasteiger partial charge in [0.2, 0.25) is 5.91 Å². The fourth-order valence-electron chi connectivity index (χ4n) is 4.45. The maximum Gasteiger partial charge on any atom is 0.291 e. The van der Waals surface area contributed by atoms with Crippen molar-refractivity contribution in [3.8, 4) is 0 Å². The summed E-state index contributed by atoms with van der Waals surface area (Å²) in [6.07, 6.45) is 2.57. The second kappa shape index (κ2) is 6.58. The van der Waals surface area contributed by atoms with Gasteiger partial charge in [-0.1, -0.05) is 42.5 Å². The molecule has 6 nitrogen and oxygen atoms in total. The highest BCUT2D eigenvalue weighted by atomic mass is 16.2. The van der Waals surface area contributed by atoms with Crippen LogP contribution in [0.4, 0.5) is 0 Å². The van der Waals surface area contributed by atoms with Crippen LogP contribution in [0.5, 0.6) is 0 Å². The number of benzene rings is 2. The highest BCUT2D eigenvalue weighted by Crippen LogP contribution is 2.31. The second-order valence-electron chi connectivity index (χ2n) is 7.68. The first kappa shape index (κ1) is 17.7. The minimum Gasteiger partial charge on any atom is -0.336 e. The molecule has 0 saturated heterocycles. The molecule has 0 bridgehead atoms. The average molecular weight is 386 g/mol. The number of aromatic nitrogens is 3. The largest absolute Gasteiger partial charge is 0.336 e. The number of fused-ring (bicyclic) bond motifs is 4.